The molecule has 0 spiro atoms. The number of likely N-dealkylation sites (tertiary alicyclic amines) is 1. The number of halogens is 1. The molecular weight excluding hydrogens is 457 g/mol. The maximum Gasteiger partial charge on any atom is 0.410 e. The van der Waals surface area contributed by atoms with Gasteiger partial charge >= 0.3 is 6.09 Å². The van der Waals surface area contributed by atoms with E-state index in [-0.39, 0.29) is 30.1 Å². The van der Waals surface area contributed by atoms with Crippen LogP contribution in [0, 0.1) is 0 Å². The van der Waals surface area contributed by atoms with Crippen molar-refractivity contribution < 1.29 is 9.53 Å². The van der Waals surface area contributed by atoms with Gasteiger partial charge in [0.15, 0.2) is 5.96 Å². The first-order valence-corrected chi connectivity index (χ1v) is 9.85. The molecule has 1 aliphatic heterocycles. The van der Waals surface area contributed by atoms with Crippen molar-refractivity contribution in [2.24, 2.45) is 4.99 Å². The van der Waals surface area contributed by atoms with Crippen LogP contribution in [0.5, 0.6) is 0 Å². The summed E-state index contributed by atoms with van der Waals surface area (Å²) in [6.45, 7) is 16.2. The Hall–Kier alpha value is -0.770. The number of amides is 1. The Morgan fingerprint density at radius 2 is 1.89 bits per heavy atom. The topological polar surface area (TPSA) is 69.2 Å². The van der Waals surface area contributed by atoms with E-state index in [1.807, 2.05) is 27.7 Å². The molecule has 0 aromatic rings. The first-order chi connectivity index (χ1) is 12.2. The Kier molecular flexibility index (Phi) is 12.3. The second kappa shape index (κ2) is 12.6. The summed E-state index contributed by atoms with van der Waals surface area (Å²) in [4.78, 5) is 20.7. The van der Waals surface area contributed by atoms with Crippen molar-refractivity contribution in [3.05, 3.63) is 0 Å². The van der Waals surface area contributed by atoms with Crippen LogP contribution in [0.15, 0.2) is 4.99 Å². The SMILES string of the molecule is CCN(CCNC(=NC)NC1CCN(C(C)C)CC1)C(=O)OC(C)(C)C.I. The van der Waals surface area contributed by atoms with Crippen LogP contribution in [0.1, 0.15) is 54.4 Å². The summed E-state index contributed by atoms with van der Waals surface area (Å²) < 4.78 is 5.43. The van der Waals surface area contributed by atoms with Crippen LogP contribution < -0.4 is 10.6 Å². The van der Waals surface area contributed by atoms with Gasteiger partial charge in [-0.1, -0.05) is 0 Å². The van der Waals surface area contributed by atoms with Crippen molar-refractivity contribution in [2.45, 2.75) is 72.1 Å². The van der Waals surface area contributed by atoms with Gasteiger partial charge in [0.05, 0.1) is 0 Å². The molecule has 1 rings (SSSR count). The summed E-state index contributed by atoms with van der Waals surface area (Å²) >= 11 is 0. The summed E-state index contributed by atoms with van der Waals surface area (Å²) in [7, 11) is 1.78. The average Bonchev–Trinajstić information content (AvgIpc) is 2.56. The fourth-order valence-corrected chi connectivity index (χ4v) is 2.96. The molecule has 1 saturated heterocycles. The lowest BCUT2D eigenvalue weighted by molar-refractivity contribution is 0.0264. The molecule has 0 atom stereocenters. The van der Waals surface area contributed by atoms with E-state index in [0.29, 0.717) is 31.7 Å². The maximum absolute atomic E-state index is 12.2. The number of ether oxygens (including phenoxy) is 1. The zero-order valence-electron chi connectivity index (χ0n) is 18.2. The van der Waals surface area contributed by atoms with E-state index in [2.05, 4.69) is 34.4 Å². The molecule has 7 nitrogen and oxygen atoms in total. The molecule has 0 aromatic heterocycles. The minimum absolute atomic E-state index is 0. The largest absolute Gasteiger partial charge is 0.444 e. The van der Waals surface area contributed by atoms with Crippen molar-refractivity contribution in [3.8, 4) is 0 Å². The molecule has 0 aliphatic carbocycles. The van der Waals surface area contributed by atoms with Crippen molar-refractivity contribution in [3.63, 3.8) is 0 Å². The normalized spacial score (nSPS) is 16.7. The van der Waals surface area contributed by atoms with Crippen molar-refractivity contribution in [1.29, 1.82) is 0 Å². The van der Waals surface area contributed by atoms with Gasteiger partial charge in [-0.2, -0.15) is 0 Å². The van der Waals surface area contributed by atoms with Gasteiger partial charge in [0, 0.05) is 51.9 Å². The highest BCUT2D eigenvalue weighted by Crippen LogP contribution is 2.13. The lowest BCUT2D eigenvalue weighted by Crippen LogP contribution is -2.51. The van der Waals surface area contributed by atoms with E-state index in [1.165, 1.54) is 0 Å². The Bertz CT molecular complexity index is 458. The zero-order chi connectivity index (χ0) is 19.7. The third-order valence-corrected chi connectivity index (χ3v) is 4.53. The number of rotatable bonds is 6. The molecule has 27 heavy (non-hydrogen) atoms. The number of likely N-dealkylation sites (N-methyl/N-ethyl adjacent to an activating group) is 1. The third kappa shape index (κ3) is 10.4. The highest BCUT2D eigenvalue weighted by molar-refractivity contribution is 14.0. The monoisotopic (exact) mass is 497 g/mol. The highest BCUT2D eigenvalue weighted by Gasteiger charge is 2.22. The minimum Gasteiger partial charge on any atom is -0.444 e. The van der Waals surface area contributed by atoms with Crippen molar-refractivity contribution >= 4 is 36.0 Å². The number of hydrogen-bond acceptors (Lipinski definition) is 4. The van der Waals surface area contributed by atoms with E-state index < -0.39 is 5.60 Å². The number of hydrogen-bond donors (Lipinski definition) is 2. The van der Waals surface area contributed by atoms with Crippen LogP contribution in [0.3, 0.4) is 0 Å². The fourth-order valence-electron chi connectivity index (χ4n) is 2.96. The zero-order valence-corrected chi connectivity index (χ0v) is 20.5. The summed E-state index contributed by atoms with van der Waals surface area (Å²) in [6.07, 6.45) is 1.97. The smallest absolute Gasteiger partial charge is 0.410 e. The predicted octanol–water partition coefficient (Wildman–Crippen LogP) is 2.90. The van der Waals surface area contributed by atoms with E-state index in [4.69, 9.17) is 4.74 Å². The maximum atomic E-state index is 12.2. The molecule has 0 aromatic carbocycles. The predicted molar refractivity (Wildman–Crippen MR) is 123 cm³/mol. The number of nitrogens with zero attached hydrogens (tertiary/aromatic N) is 3. The third-order valence-electron chi connectivity index (χ3n) is 4.53. The quantitative estimate of drug-likeness (QED) is 0.336. The summed E-state index contributed by atoms with van der Waals surface area (Å²) in [6, 6.07) is 1.06. The van der Waals surface area contributed by atoms with Gasteiger partial charge in [0.1, 0.15) is 5.60 Å². The Morgan fingerprint density at radius 1 is 1.30 bits per heavy atom. The second-order valence-electron chi connectivity index (χ2n) is 8.11. The number of piperidine rings is 1. The Morgan fingerprint density at radius 3 is 2.33 bits per heavy atom. The molecule has 0 saturated carbocycles. The standard InChI is InChI=1S/C19H39N5O2.HI/c1-8-23(18(25)26-19(4,5)6)14-11-21-17(20-7)22-16-9-12-24(13-10-16)15(2)3;/h15-16H,8-14H2,1-7H3,(H2,20,21,22);1H. The Labute approximate surface area is 182 Å². The fraction of sp³-hybridized carbons (Fsp3) is 0.895. The molecule has 1 fully saturated rings. The van der Waals surface area contributed by atoms with Gasteiger partial charge in [-0.25, -0.2) is 4.79 Å². The summed E-state index contributed by atoms with van der Waals surface area (Å²) in [5, 5.41) is 6.81. The van der Waals surface area contributed by atoms with E-state index in [0.717, 1.165) is 31.9 Å². The first-order valence-electron chi connectivity index (χ1n) is 9.85. The number of nitrogens with one attached hydrogen (secondary N) is 2. The highest BCUT2D eigenvalue weighted by atomic mass is 127. The molecule has 0 unspecified atom stereocenters. The molecule has 1 amide bonds. The van der Waals surface area contributed by atoms with Crippen LogP contribution in [0.2, 0.25) is 0 Å². The van der Waals surface area contributed by atoms with Gasteiger partial charge in [-0.05, 0) is 54.4 Å². The Balaban J connectivity index is 0.00000676. The number of aliphatic imine (C=N–C) groups is 1. The molecule has 1 aliphatic rings. The van der Waals surface area contributed by atoms with Crippen molar-refractivity contribution in [2.75, 3.05) is 39.8 Å². The van der Waals surface area contributed by atoms with Gasteiger partial charge in [0.2, 0.25) is 0 Å². The summed E-state index contributed by atoms with van der Waals surface area (Å²) in [5.74, 6) is 0.799. The van der Waals surface area contributed by atoms with Gasteiger partial charge in [-0.3, -0.25) is 4.99 Å². The van der Waals surface area contributed by atoms with Crippen LogP contribution in [0.25, 0.3) is 0 Å². The average molecular weight is 497 g/mol. The molecule has 160 valence electrons. The minimum atomic E-state index is -0.472. The van der Waals surface area contributed by atoms with Gasteiger partial charge in [0.25, 0.3) is 0 Å². The van der Waals surface area contributed by atoms with E-state index >= 15 is 0 Å². The molecule has 2 N–H and O–H groups in total. The molecule has 8 heteroatoms. The molecule has 0 bridgehead atoms. The van der Waals surface area contributed by atoms with E-state index in [9.17, 15) is 4.79 Å². The lowest BCUT2D eigenvalue weighted by atomic mass is 10.0. The van der Waals surface area contributed by atoms with Crippen LogP contribution in [-0.4, -0.2) is 79.3 Å². The first kappa shape index (κ1) is 26.2. The molecule has 0 radical (unpaired) electrons. The van der Waals surface area contributed by atoms with Gasteiger partial charge < -0.3 is 25.2 Å². The van der Waals surface area contributed by atoms with Crippen molar-refractivity contribution in [1.82, 2.24) is 20.4 Å². The molecule has 1 heterocycles. The molecular formula is C19H40IN5O2. The second-order valence-corrected chi connectivity index (χ2v) is 8.11. The van der Waals surface area contributed by atoms with Crippen LogP contribution in [-0.2, 0) is 4.74 Å². The summed E-state index contributed by atoms with van der Waals surface area (Å²) in [5.41, 5.74) is -0.472. The number of carbonyl (C=O) groups excluding carboxylic acids is 1. The van der Waals surface area contributed by atoms with Crippen LogP contribution in [0.4, 0.5) is 4.79 Å². The number of guanidine groups is 1. The lowest BCUT2D eigenvalue weighted by Gasteiger charge is -2.35. The van der Waals surface area contributed by atoms with Gasteiger partial charge in [-0.15, -0.1) is 24.0 Å². The van der Waals surface area contributed by atoms with E-state index in [1.54, 1.807) is 11.9 Å². The number of carbonyl (C=O) groups is 1. The van der Waals surface area contributed by atoms with Crippen LogP contribution >= 0.6 is 24.0 Å².